The van der Waals surface area contributed by atoms with Crippen molar-refractivity contribution in [2.75, 3.05) is 6.61 Å². The topological polar surface area (TPSA) is 56.2 Å². The first-order valence-corrected chi connectivity index (χ1v) is 9.20. The molecule has 2 aliphatic rings. The van der Waals surface area contributed by atoms with Crippen LogP contribution in [0.3, 0.4) is 0 Å². The molecule has 0 bridgehead atoms. The summed E-state index contributed by atoms with van der Waals surface area (Å²) >= 11 is 6.16. The van der Waals surface area contributed by atoms with Crippen LogP contribution < -0.4 is 10.1 Å². The van der Waals surface area contributed by atoms with Gasteiger partial charge in [-0.05, 0) is 24.8 Å². The molecule has 5 nitrogen and oxygen atoms in total. The van der Waals surface area contributed by atoms with Crippen LogP contribution >= 0.6 is 11.6 Å². The van der Waals surface area contributed by atoms with Gasteiger partial charge >= 0.3 is 0 Å². The van der Waals surface area contributed by atoms with Gasteiger partial charge in [-0.25, -0.2) is 0 Å². The molecule has 1 aromatic heterocycles. The Labute approximate surface area is 152 Å². The van der Waals surface area contributed by atoms with Gasteiger partial charge in [0.1, 0.15) is 12.4 Å². The minimum Gasteiger partial charge on any atom is -0.489 e. The quantitative estimate of drug-likeness (QED) is 0.879. The van der Waals surface area contributed by atoms with Gasteiger partial charge in [-0.1, -0.05) is 37.6 Å². The number of rotatable bonds is 5. The number of amides is 1. The van der Waals surface area contributed by atoms with Crippen LogP contribution in [0.1, 0.15) is 60.3 Å². The molecular formula is C19H22ClN3O2. The Balaban J connectivity index is 1.57. The highest BCUT2D eigenvalue weighted by Gasteiger charge is 2.34. The number of para-hydroxylation sites is 1. The lowest BCUT2D eigenvalue weighted by Gasteiger charge is -2.14. The number of hydrogen-bond acceptors (Lipinski definition) is 3. The summed E-state index contributed by atoms with van der Waals surface area (Å²) in [5.74, 6) is 1.54. The first-order valence-electron chi connectivity index (χ1n) is 8.82. The SMILES string of the molecule is CC(C)Cn1ncc(C(=O)N[C@@H]2COc3c(Cl)cccc32)c1C1CC1. The fourth-order valence-corrected chi connectivity index (χ4v) is 3.65. The van der Waals surface area contributed by atoms with Crippen LogP contribution in [0.15, 0.2) is 24.4 Å². The summed E-state index contributed by atoms with van der Waals surface area (Å²) in [7, 11) is 0. The number of ether oxygens (including phenoxy) is 1. The molecule has 0 unspecified atom stereocenters. The predicted octanol–water partition coefficient (Wildman–Crippen LogP) is 3.93. The molecule has 1 saturated carbocycles. The Morgan fingerprint density at radius 1 is 1.44 bits per heavy atom. The zero-order chi connectivity index (χ0) is 17.6. The van der Waals surface area contributed by atoms with Gasteiger partial charge in [-0.15, -0.1) is 0 Å². The van der Waals surface area contributed by atoms with Gasteiger partial charge < -0.3 is 10.1 Å². The second-order valence-electron chi connectivity index (χ2n) is 7.29. The van der Waals surface area contributed by atoms with E-state index < -0.39 is 0 Å². The third-order valence-corrected chi connectivity index (χ3v) is 5.00. The van der Waals surface area contributed by atoms with Crippen LogP contribution in [0.25, 0.3) is 0 Å². The van der Waals surface area contributed by atoms with E-state index in [1.165, 1.54) is 0 Å². The van der Waals surface area contributed by atoms with Crippen molar-refractivity contribution >= 4 is 17.5 Å². The Hall–Kier alpha value is -2.01. The summed E-state index contributed by atoms with van der Waals surface area (Å²) in [6, 6.07) is 5.45. The molecule has 1 aromatic carbocycles. The number of carbonyl (C=O) groups excluding carboxylic acids is 1. The van der Waals surface area contributed by atoms with E-state index in [0.29, 0.717) is 34.8 Å². The highest BCUT2D eigenvalue weighted by atomic mass is 35.5. The Bertz CT molecular complexity index is 811. The Kier molecular flexibility index (Phi) is 4.20. The fraction of sp³-hybridized carbons (Fsp3) is 0.474. The van der Waals surface area contributed by atoms with Crippen molar-refractivity contribution in [3.63, 3.8) is 0 Å². The van der Waals surface area contributed by atoms with Crippen molar-refractivity contribution in [2.24, 2.45) is 5.92 Å². The van der Waals surface area contributed by atoms with Crippen molar-refractivity contribution in [3.8, 4) is 5.75 Å². The molecule has 1 aliphatic carbocycles. The molecule has 2 aromatic rings. The standard InChI is InChI=1S/C19H22ClN3O2/c1-11(2)9-23-17(12-6-7-12)14(8-21-23)19(24)22-16-10-25-18-13(16)4-3-5-15(18)20/h3-5,8,11-12,16H,6-7,9-10H2,1-2H3,(H,22,24)/t16-/m1/s1. The molecule has 132 valence electrons. The van der Waals surface area contributed by atoms with E-state index in [0.717, 1.165) is 30.6 Å². The second-order valence-corrected chi connectivity index (χ2v) is 7.70. The highest BCUT2D eigenvalue weighted by Crippen LogP contribution is 2.42. The van der Waals surface area contributed by atoms with E-state index in [2.05, 4.69) is 24.3 Å². The van der Waals surface area contributed by atoms with Crippen LogP contribution in [0.5, 0.6) is 5.75 Å². The molecule has 25 heavy (non-hydrogen) atoms. The molecule has 0 radical (unpaired) electrons. The molecule has 1 amide bonds. The molecule has 1 N–H and O–H groups in total. The fourth-order valence-electron chi connectivity index (χ4n) is 3.41. The van der Waals surface area contributed by atoms with Gasteiger partial charge in [0, 0.05) is 18.0 Å². The van der Waals surface area contributed by atoms with Crippen molar-refractivity contribution in [1.82, 2.24) is 15.1 Å². The van der Waals surface area contributed by atoms with E-state index in [4.69, 9.17) is 16.3 Å². The normalized spacial score (nSPS) is 19.0. The summed E-state index contributed by atoms with van der Waals surface area (Å²) in [5.41, 5.74) is 2.71. The van der Waals surface area contributed by atoms with Gasteiger partial charge in [-0.3, -0.25) is 9.48 Å². The van der Waals surface area contributed by atoms with Gasteiger partial charge in [0.05, 0.1) is 28.5 Å². The van der Waals surface area contributed by atoms with E-state index in [1.54, 1.807) is 12.3 Å². The minimum atomic E-state index is -0.179. The van der Waals surface area contributed by atoms with E-state index in [9.17, 15) is 4.79 Å². The number of fused-ring (bicyclic) bond motifs is 1. The lowest BCUT2D eigenvalue weighted by molar-refractivity contribution is 0.0929. The minimum absolute atomic E-state index is 0.0849. The van der Waals surface area contributed by atoms with Crippen molar-refractivity contribution in [1.29, 1.82) is 0 Å². The number of benzene rings is 1. The molecule has 0 spiro atoms. The van der Waals surface area contributed by atoms with Gasteiger partial charge in [0.15, 0.2) is 0 Å². The summed E-state index contributed by atoms with van der Waals surface area (Å²) in [4.78, 5) is 12.9. The average molecular weight is 360 g/mol. The zero-order valence-corrected chi connectivity index (χ0v) is 15.2. The van der Waals surface area contributed by atoms with Gasteiger partial charge in [-0.2, -0.15) is 5.10 Å². The number of hydrogen-bond donors (Lipinski definition) is 1. The summed E-state index contributed by atoms with van der Waals surface area (Å²) < 4.78 is 7.67. The van der Waals surface area contributed by atoms with Crippen LogP contribution in [0.2, 0.25) is 5.02 Å². The molecule has 1 fully saturated rings. The molecule has 1 aliphatic heterocycles. The maximum Gasteiger partial charge on any atom is 0.255 e. The summed E-state index contributed by atoms with van der Waals surface area (Å²) in [6.07, 6.45) is 3.98. The van der Waals surface area contributed by atoms with Gasteiger partial charge in [0.25, 0.3) is 5.91 Å². The number of aromatic nitrogens is 2. The van der Waals surface area contributed by atoms with Crippen LogP contribution in [0, 0.1) is 5.92 Å². The van der Waals surface area contributed by atoms with Gasteiger partial charge in [0.2, 0.25) is 0 Å². The molecule has 4 rings (SSSR count). The maximum absolute atomic E-state index is 12.9. The lowest BCUT2D eigenvalue weighted by Crippen LogP contribution is -2.30. The van der Waals surface area contributed by atoms with E-state index in [1.807, 2.05) is 16.8 Å². The molecular weight excluding hydrogens is 338 g/mol. The lowest BCUT2D eigenvalue weighted by atomic mass is 10.1. The third kappa shape index (κ3) is 3.13. The first kappa shape index (κ1) is 16.5. The third-order valence-electron chi connectivity index (χ3n) is 4.70. The van der Waals surface area contributed by atoms with Crippen molar-refractivity contribution < 1.29 is 9.53 Å². The Morgan fingerprint density at radius 2 is 2.24 bits per heavy atom. The molecule has 1 atom stereocenters. The van der Waals surface area contributed by atoms with Crippen LogP contribution in [-0.2, 0) is 6.54 Å². The Morgan fingerprint density at radius 3 is 2.96 bits per heavy atom. The maximum atomic E-state index is 12.9. The van der Waals surface area contributed by atoms with Crippen molar-refractivity contribution in [2.45, 2.75) is 45.2 Å². The van der Waals surface area contributed by atoms with Crippen molar-refractivity contribution in [3.05, 3.63) is 46.2 Å². The molecule has 2 heterocycles. The van der Waals surface area contributed by atoms with Crippen LogP contribution in [-0.4, -0.2) is 22.3 Å². The van der Waals surface area contributed by atoms with E-state index in [-0.39, 0.29) is 11.9 Å². The first-order chi connectivity index (χ1) is 12.0. The number of nitrogens with zero attached hydrogens (tertiary/aromatic N) is 2. The average Bonchev–Trinajstić information content (AvgIpc) is 3.19. The molecule has 0 saturated heterocycles. The smallest absolute Gasteiger partial charge is 0.255 e. The summed E-state index contributed by atoms with van der Waals surface area (Å²) in [6.45, 7) is 5.57. The number of carbonyl (C=O) groups is 1. The van der Waals surface area contributed by atoms with Crippen LogP contribution in [0.4, 0.5) is 0 Å². The number of nitrogens with one attached hydrogen (secondary N) is 1. The monoisotopic (exact) mass is 359 g/mol. The second kappa shape index (κ2) is 6.37. The number of halogens is 1. The summed E-state index contributed by atoms with van der Waals surface area (Å²) in [5, 5.41) is 8.15. The van der Waals surface area contributed by atoms with E-state index >= 15 is 0 Å². The molecule has 6 heteroatoms. The zero-order valence-electron chi connectivity index (χ0n) is 14.5. The predicted molar refractivity (Wildman–Crippen MR) is 96.2 cm³/mol. The highest BCUT2D eigenvalue weighted by molar-refractivity contribution is 6.32. The largest absolute Gasteiger partial charge is 0.489 e.